The van der Waals surface area contributed by atoms with Crippen LogP contribution in [0.4, 0.5) is 4.79 Å². The second-order valence-electron chi connectivity index (χ2n) is 15.6. The van der Waals surface area contributed by atoms with E-state index in [4.69, 9.17) is 26.1 Å². The Balaban J connectivity index is 1.12. The van der Waals surface area contributed by atoms with Gasteiger partial charge in [-0.3, -0.25) is 9.48 Å². The highest BCUT2D eigenvalue weighted by Gasteiger charge is 2.54. The molecule has 268 valence electrons. The molecule has 1 aromatic carbocycles. The summed E-state index contributed by atoms with van der Waals surface area (Å²) in [7, 11) is 1.72. The molecule has 0 spiro atoms. The molecule has 3 aromatic rings. The van der Waals surface area contributed by atoms with Crippen LogP contribution in [0.1, 0.15) is 107 Å². The van der Waals surface area contributed by atoms with E-state index in [0.29, 0.717) is 43.9 Å². The maximum Gasteiger partial charge on any atom is 0.410 e. The molecule has 5 aliphatic rings. The summed E-state index contributed by atoms with van der Waals surface area (Å²) in [6.07, 6.45) is 11.5. The van der Waals surface area contributed by atoms with Gasteiger partial charge in [0.1, 0.15) is 17.0 Å². The number of rotatable bonds is 9. The van der Waals surface area contributed by atoms with Gasteiger partial charge in [0.05, 0.1) is 44.2 Å². The number of halogens is 1. The summed E-state index contributed by atoms with van der Waals surface area (Å²) >= 11 is 6.76. The Kier molecular flexibility index (Phi) is 9.62. The van der Waals surface area contributed by atoms with Crippen LogP contribution in [0.25, 0.3) is 11.1 Å². The number of hydrogen-bond donors (Lipinski definition) is 2. The second kappa shape index (κ2) is 13.8. The number of carbonyl (C=O) groups excluding carboxylic acids is 2. The van der Waals surface area contributed by atoms with Crippen molar-refractivity contribution in [1.82, 2.24) is 25.0 Å². The van der Waals surface area contributed by atoms with Crippen LogP contribution in [0.5, 0.6) is 5.75 Å². The summed E-state index contributed by atoms with van der Waals surface area (Å²) in [6.45, 7) is 6.95. The van der Waals surface area contributed by atoms with Gasteiger partial charge in [-0.25, -0.2) is 9.78 Å². The molecule has 1 aliphatic heterocycles. The number of β-amino-alcohol motifs (C(OH)–C–C–N with tert-alkyl or cyclic N) is 1. The average molecular weight is 704 g/mol. The van der Waals surface area contributed by atoms with Gasteiger partial charge in [0.25, 0.3) is 0 Å². The lowest BCUT2D eigenvalue weighted by atomic mass is 9.49. The third-order valence-corrected chi connectivity index (χ3v) is 12.4. The maximum absolute atomic E-state index is 14.2. The van der Waals surface area contributed by atoms with E-state index < -0.39 is 6.10 Å². The molecule has 50 heavy (non-hydrogen) atoms. The highest BCUT2D eigenvalue weighted by atomic mass is 35.5. The number of nitrogens with zero attached hydrogens (tertiary/aromatic N) is 4. The van der Waals surface area contributed by atoms with Gasteiger partial charge in [-0.1, -0.05) is 23.7 Å². The van der Waals surface area contributed by atoms with Crippen LogP contribution in [0.3, 0.4) is 0 Å². The fourth-order valence-corrected chi connectivity index (χ4v) is 9.17. The minimum atomic E-state index is -0.464. The van der Waals surface area contributed by atoms with Crippen LogP contribution in [0, 0.1) is 18.3 Å². The van der Waals surface area contributed by atoms with E-state index >= 15 is 0 Å². The zero-order valence-corrected chi connectivity index (χ0v) is 30.4. The Morgan fingerprint density at radius 2 is 1.70 bits per heavy atom. The molecule has 1 atom stereocenters. The first-order valence-electron chi connectivity index (χ1n) is 18.3. The van der Waals surface area contributed by atoms with Crippen LogP contribution < -0.4 is 10.1 Å². The third-order valence-electron chi connectivity index (χ3n) is 12.2. The third kappa shape index (κ3) is 6.73. The number of nitrogens with one attached hydrogen (secondary N) is 1. The largest absolute Gasteiger partial charge is 0.496 e. The Hall–Kier alpha value is -3.63. The fraction of sp³-hybridized carbons (Fsp3) is 0.590. The number of aryl methyl sites for hydroxylation is 1. The van der Waals surface area contributed by atoms with Crippen LogP contribution >= 0.6 is 11.6 Å². The van der Waals surface area contributed by atoms with Gasteiger partial charge < -0.3 is 24.8 Å². The molecule has 1 saturated heterocycles. The zero-order valence-electron chi connectivity index (χ0n) is 29.7. The normalized spacial score (nSPS) is 27.1. The van der Waals surface area contributed by atoms with E-state index in [1.807, 2.05) is 23.1 Å². The summed E-state index contributed by atoms with van der Waals surface area (Å²) in [4.78, 5) is 33.0. The number of aliphatic hydroxyl groups excluding tert-OH is 1. The lowest BCUT2D eigenvalue weighted by molar-refractivity contribution is -0.129. The van der Waals surface area contributed by atoms with E-state index in [-0.39, 0.29) is 46.9 Å². The number of fused-ring (bicyclic) bond motifs is 3. The molecule has 11 heteroatoms. The van der Waals surface area contributed by atoms with Crippen molar-refractivity contribution in [2.75, 3.05) is 20.2 Å². The molecule has 0 radical (unpaired) electrons. The fourth-order valence-electron chi connectivity index (χ4n) is 8.96. The molecule has 4 saturated carbocycles. The summed E-state index contributed by atoms with van der Waals surface area (Å²) < 4.78 is 13.2. The number of hydrogen-bond acceptors (Lipinski definition) is 7. The Labute approximate surface area is 299 Å². The lowest BCUT2D eigenvalue weighted by Crippen LogP contribution is -2.54. The number of pyridine rings is 1. The highest BCUT2D eigenvalue weighted by Crippen LogP contribution is 2.62. The number of likely N-dealkylation sites (tertiary alicyclic amines) is 1. The smallest absolute Gasteiger partial charge is 0.410 e. The first-order chi connectivity index (χ1) is 24.0. The van der Waals surface area contributed by atoms with E-state index in [2.05, 4.69) is 55.5 Å². The average Bonchev–Trinajstić information content (AvgIpc) is 3.61. The summed E-state index contributed by atoms with van der Waals surface area (Å²) in [5.41, 5.74) is 5.22. The molecular weight excluding hydrogens is 654 g/mol. The van der Waals surface area contributed by atoms with Crippen molar-refractivity contribution >= 4 is 23.6 Å². The monoisotopic (exact) mass is 703 g/mol. The van der Waals surface area contributed by atoms with E-state index in [0.717, 1.165) is 66.7 Å². The molecule has 1 unspecified atom stereocenters. The highest BCUT2D eigenvalue weighted by molar-refractivity contribution is 6.29. The minimum Gasteiger partial charge on any atom is -0.496 e. The first kappa shape index (κ1) is 34.8. The predicted octanol–water partition coefficient (Wildman–Crippen LogP) is 7.32. The van der Waals surface area contributed by atoms with Crippen LogP contribution in [-0.4, -0.2) is 69.2 Å². The van der Waals surface area contributed by atoms with Gasteiger partial charge in [0, 0.05) is 23.7 Å². The van der Waals surface area contributed by atoms with Gasteiger partial charge >= 0.3 is 6.09 Å². The lowest BCUT2D eigenvalue weighted by Gasteiger charge is -2.56. The Bertz CT molecular complexity index is 1700. The van der Waals surface area contributed by atoms with Crippen molar-refractivity contribution in [3.8, 4) is 16.9 Å². The minimum absolute atomic E-state index is 0.0316. The van der Waals surface area contributed by atoms with Crippen molar-refractivity contribution in [3.63, 3.8) is 0 Å². The van der Waals surface area contributed by atoms with Gasteiger partial charge in [-0.15, -0.1) is 0 Å². The number of aromatic nitrogens is 3. The topological polar surface area (TPSA) is 119 Å². The molecule has 3 heterocycles. The summed E-state index contributed by atoms with van der Waals surface area (Å²) in [5.74, 6) is 0.772. The van der Waals surface area contributed by atoms with E-state index in [9.17, 15) is 14.7 Å². The number of benzene rings is 1. The molecule has 2 aromatic heterocycles. The molecule has 2 bridgehead atoms. The molecule has 2 amide bonds. The van der Waals surface area contributed by atoms with Gasteiger partial charge in [-0.2, -0.15) is 5.10 Å². The number of aliphatic hydroxyl groups is 1. The number of amides is 2. The van der Waals surface area contributed by atoms with E-state index in [1.54, 1.807) is 7.11 Å². The molecule has 4 aliphatic carbocycles. The molecular formula is C39H50ClN5O5. The van der Waals surface area contributed by atoms with Crippen LogP contribution in [-0.2, 0) is 14.9 Å². The van der Waals surface area contributed by atoms with Crippen LogP contribution in [0.2, 0.25) is 5.15 Å². The maximum atomic E-state index is 14.2. The number of carbonyl (C=O) groups is 2. The standard InChI is InChI=1S/C39H50ClN5O5/c1-24(2)45-21-28(20-41-45)27-18-32(42-34(40)19-27)35(43-36(47)26-5-8-31(9-6-26)50-37(48)44-22-30(46)23-44)39-14-11-38(12-15-39,13-16-39)29-7-10-33(49-4)25(3)17-29/h7,10,17-21,24,26,30-31,35,46H,5-6,8-9,11-16,22-23H2,1-4H3,(H,43,47). The van der Waals surface area contributed by atoms with E-state index in [1.165, 1.54) is 10.5 Å². The molecule has 10 nitrogen and oxygen atoms in total. The predicted molar refractivity (Wildman–Crippen MR) is 191 cm³/mol. The van der Waals surface area contributed by atoms with Crippen molar-refractivity contribution in [1.29, 1.82) is 0 Å². The van der Waals surface area contributed by atoms with Gasteiger partial charge in [-0.05, 0) is 131 Å². The molecule has 2 N–H and O–H groups in total. The SMILES string of the molecule is COc1ccc(C23CCC(C(NC(=O)C4CCC(OC(=O)N5CC(O)C5)CC4)c4cc(-c5cnn(C(C)C)c5)cc(Cl)n4)(CC2)CC3)cc1C. The summed E-state index contributed by atoms with van der Waals surface area (Å²) in [6, 6.07) is 10.6. The van der Waals surface area contributed by atoms with Gasteiger partial charge in [0.15, 0.2) is 0 Å². The number of methoxy groups -OCH3 is 1. The van der Waals surface area contributed by atoms with Crippen molar-refractivity contribution in [3.05, 3.63) is 64.7 Å². The van der Waals surface area contributed by atoms with Crippen molar-refractivity contribution in [2.24, 2.45) is 11.3 Å². The zero-order chi connectivity index (χ0) is 35.2. The summed E-state index contributed by atoms with van der Waals surface area (Å²) in [5, 5.41) is 18.1. The van der Waals surface area contributed by atoms with Crippen LogP contribution in [0.15, 0.2) is 42.7 Å². The van der Waals surface area contributed by atoms with Crippen molar-refractivity contribution in [2.45, 2.75) is 115 Å². The number of ether oxygens (including phenoxy) is 2. The van der Waals surface area contributed by atoms with Crippen molar-refractivity contribution < 1.29 is 24.2 Å². The molecule has 8 rings (SSSR count). The second-order valence-corrected chi connectivity index (χ2v) is 16.0. The first-order valence-corrected chi connectivity index (χ1v) is 18.7. The Morgan fingerprint density at radius 1 is 1.00 bits per heavy atom. The molecule has 5 fully saturated rings. The Morgan fingerprint density at radius 3 is 2.30 bits per heavy atom. The van der Waals surface area contributed by atoms with Gasteiger partial charge in [0.2, 0.25) is 5.91 Å². The quantitative estimate of drug-likeness (QED) is 0.224.